The molecule has 0 atom stereocenters. The van der Waals surface area contributed by atoms with Crippen molar-refractivity contribution in [2.75, 3.05) is 13.6 Å². The molecule has 0 amide bonds. The van der Waals surface area contributed by atoms with Crippen molar-refractivity contribution >= 4 is 5.71 Å². The van der Waals surface area contributed by atoms with E-state index in [1.54, 1.807) is 6.07 Å². The smallest absolute Gasteiger partial charge is 0.124 e. The Balaban J connectivity index is 2.36. The Kier molecular flexibility index (Phi) is 1.93. The summed E-state index contributed by atoms with van der Waals surface area (Å²) in [7, 11) is 1.94. The number of nitrogens with zero attached hydrogens (tertiary/aromatic N) is 2. The van der Waals surface area contributed by atoms with E-state index in [0.29, 0.717) is 5.75 Å². The van der Waals surface area contributed by atoms with Gasteiger partial charge in [-0.2, -0.15) is 5.10 Å². The maximum Gasteiger partial charge on any atom is 0.124 e. The molecule has 0 saturated heterocycles. The van der Waals surface area contributed by atoms with E-state index < -0.39 is 0 Å². The molecule has 1 aliphatic heterocycles. The van der Waals surface area contributed by atoms with Crippen LogP contribution in [0.5, 0.6) is 5.75 Å². The molecular weight excluding hydrogens is 164 g/mol. The highest BCUT2D eigenvalue weighted by Crippen LogP contribution is 2.20. The lowest BCUT2D eigenvalue weighted by atomic mass is 10.1. The SMILES string of the molecule is CN1CCC(c2ccccc2O)=N1. The fourth-order valence-corrected chi connectivity index (χ4v) is 1.48. The van der Waals surface area contributed by atoms with Crippen LogP contribution in [0.1, 0.15) is 12.0 Å². The molecule has 1 aromatic carbocycles. The van der Waals surface area contributed by atoms with Crippen molar-refractivity contribution in [3.63, 3.8) is 0 Å². The van der Waals surface area contributed by atoms with Gasteiger partial charge in [-0.05, 0) is 12.1 Å². The lowest BCUT2D eigenvalue weighted by molar-refractivity contribution is 0.393. The van der Waals surface area contributed by atoms with Crippen LogP contribution in [0.3, 0.4) is 0 Å². The fourth-order valence-electron chi connectivity index (χ4n) is 1.48. The monoisotopic (exact) mass is 176 g/mol. The van der Waals surface area contributed by atoms with Gasteiger partial charge in [-0.25, -0.2) is 0 Å². The predicted molar refractivity (Wildman–Crippen MR) is 51.9 cm³/mol. The first kappa shape index (κ1) is 8.10. The average Bonchev–Trinajstić information content (AvgIpc) is 2.53. The van der Waals surface area contributed by atoms with Gasteiger partial charge in [0, 0.05) is 25.6 Å². The fraction of sp³-hybridized carbons (Fsp3) is 0.300. The topological polar surface area (TPSA) is 35.8 Å². The zero-order valence-corrected chi connectivity index (χ0v) is 7.57. The van der Waals surface area contributed by atoms with E-state index in [4.69, 9.17) is 0 Å². The van der Waals surface area contributed by atoms with Gasteiger partial charge in [0.1, 0.15) is 5.75 Å². The molecule has 0 fully saturated rings. The first-order valence-corrected chi connectivity index (χ1v) is 4.34. The van der Waals surface area contributed by atoms with Gasteiger partial charge in [0.05, 0.1) is 5.71 Å². The van der Waals surface area contributed by atoms with Crippen LogP contribution in [0.15, 0.2) is 29.4 Å². The number of hydrogen-bond donors (Lipinski definition) is 1. The number of hydrazone groups is 1. The van der Waals surface area contributed by atoms with Crippen LogP contribution in [0, 0.1) is 0 Å². The molecule has 0 bridgehead atoms. The van der Waals surface area contributed by atoms with E-state index in [2.05, 4.69) is 5.10 Å². The molecule has 68 valence electrons. The summed E-state index contributed by atoms with van der Waals surface area (Å²) in [6, 6.07) is 7.32. The maximum atomic E-state index is 9.56. The lowest BCUT2D eigenvalue weighted by Crippen LogP contribution is -2.04. The highest BCUT2D eigenvalue weighted by Gasteiger charge is 2.14. The summed E-state index contributed by atoms with van der Waals surface area (Å²) < 4.78 is 0. The van der Waals surface area contributed by atoms with Crippen LogP contribution in [0.25, 0.3) is 0 Å². The van der Waals surface area contributed by atoms with Crippen molar-refractivity contribution in [3.05, 3.63) is 29.8 Å². The molecule has 1 N–H and O–H groups in total. The van der Waals surface area contributed by atoms with Crippen LogP contribution in [-0.4, -0.2) is 29.4 Å². The Hall–Kier alpha value is -1.51. The predicted octanol–water partition coefficient (Wildman–Crippen LogP) is 1.43. The molecule has 1 aliphatic rings. The second kappa shape index (κ2) is 3.09. The normalized spacial score (nSPS) is 16.1. The molecule has 3 heteroatoms. The molecule has 3 nitrogen and oxygen atoms in total. The summed E-state index contributed by atoms with van der Waals surface area (Å²) in [4.78, 5) is 0. The molecule has 0 spiro atoms. The number of phenols is 1. The van der Waals surface area contributed by atoms with Crippen LogP contribution in [-0.2, 0) is 0 Å². The van der Waals surface area contributed by atoms with Gasteiger partial charge in [-0.3, -0.25) is 5.01 Å². The van der Waals surface area contributed by atoms with Crippen molar-refractivity contribution in [2.45, 2.75) is 6.42 Å². The Bertz CT molecular complexity index is 347. The lowest BCUT2D eigenvalue weighted by Gasteiger charge is -2.02. The van der Waals surface area contributed by atoms with E-state index in [0.717, 1.165) is 24.2 Å². The van der Waals surface area contributed by atoms with Crippen molar-refractivity contribution in [1.82, 2.24) is 5.01 Å². The van der Waals surface area contributed by atoms with Crippen LogP contribution in [0.2, 0.25) is 0 Å². The number of hydrogen-bond acceptors (Lipinski definition) is 3. The largest absolute Gasteiger partial charge is 0.507 e. The number of benzene rings is 1. The molecule has 1 heterocycles. The number of phenolic OH excluding ortho intramolecular Hbond substituents is 1. The first-order chi connectivity index (χ1) is 6.27. The van der Waals surface area contributed by atoms with E-state index in [1.165, 1.54) is 0 Å². The van der Waals surface area contributed by atoms with Gasteiger partial charge >= 0.3 is 0 Å². The minimum absolute atomic E-state index is 0.316. The van der Waals surface area contributed by atoms with Crippen molar-refractivity contribution < 1.29 is 5.11 Å². The summed E-state index contributed by atoms with van der Waals surface area (Å²) in [5, 5.41) is 15.8. The van der Waals surface area contributed by atoms with E-state index in [-0.39, 0.29) is 0 Å². The molecule has 1 aromatic rings. The number of aromatic hydroxyl groups is 1. The molecule has 0 aliphatic carbocycles. The molecule has 0 aromatic heterocycles. The van der Waals surface area contributed by atoms with Crippen molar-refractivity contribution in [1.29, 1.82) is 0 Å². The van der Waals surface area contributed by atoms with Gasteiger partial charge in [-0.1, -0.05) is 12.1 Å². The van der Waals surface area contributed by atoms with E-state index in [1.807, 2.05) is 30.3 Å². The second-order valence-corrected chi connectivity index (χ2v) is 3.20. The Labute approximate surface area is 77.3 Å². The van der Waals surface area contributed by atoms with Gasteiger partial charge in [0.25, 0.3) is 0 Å². The van der Waals surface area contributed by atoms with Crippen LogP contribution >= 0.6 is 0 Å². The Morgan fingerprint density at radius 1 is 1.38 bits per heavy atom. The van der Waals surface area contributed by atoms with Crippen LogP contribution in [0.4, 0.5) is 0 Å². The first-order valence-electron chi connectivity index (χ1n) is 4.34. The summed E-state index contributed by atoms with van der Waals surface area (Å²) in [5.41, 5.74) is 1.83. The van der Waals surface area contributed by atoms with Crippen molar-refractivity contribution in [2.24, 2.45) is 5.10 Å². The minimum Gasteiger partial charge on any atom is -0.507 e. The zero-order valence-electron chi connectivity index (χ0n) is 7.57. The summed E-state index contributed by atoms with van der Waals surface area (Å²) in [6.07, 6.45) is 0.911. The maximum absolute atomic E-state index is 9.56. The zero-order chi connectivity index (χ0) is 9.26. The summed E-state index contributed by atoms with van der Waals surface area (Å²) >= 11 is 0. The second-order valence-electron chi connectivity index (χ2n) is 3.20. The van der Waals surface area contributed by atoms with Crippen LogP contribution < -0.4 is 0 Å². The van der Waals surface area contributed by atoms with Crippen molar-refractivity contribution in [3.8, 4) is 5.75 Å². The average molecular weight is 176 g/mol. The third kappa shape index (κ3) is 1.49. The minimum atomic E-state index is 0.316. The van der Waals surface area contributed by atoms with E-state index >= 15 is 0 Å². The summed E-state index contributed by atoms with van der Waals surface area (Å²) in [6.45, 7) is 0.934. The molecular formula is C10H12N2O. The van der Waals surface area contributed by atoms with E-state index in [9.17, 15) is 5.11 Å². The molecule has 0 saturated carbocycles. The Morgan fingerprint density at radius 2 is 2.15 bits per heavy atom. The molecule has 13 heavy (non-hydrogen) atoms. The molecule has 2 rings (SSSR count). The Morgan fingerprint density at radius 3 is 2.77 bits per heavy atom. The van der Waals surface area contributed by atoms with Gasteiger partial charge in [0.2, 0.25) is 0 Å². The standard InChI is InChI=1S/C10H12N2O/c1-12-7-6-9(11-12)8-4-2-3-5-10(8)13/h2-5,13H,6-7H2,1H3. The van der Waals surface area contributed by atoms with Gasteiger partial charge in [-0.15, -0.1) is 0 Å². The third-order valence-corrected chi connectivity index (χ3v) is 2.18. The quantitative estimate of drug-likeness (QED) is 0.702. The highest BCUT2D eigenvalue weighted by atomic mass is 16.3. The highest BCUT2D eigenvalue weighted by molar-refractivity contribution is 6.03. The van der Waals surface area contributed by atoms with Gasteiger partial charge < -0.3 is 5.11 Å². The number of rotatable bonds is 1. The molecule has 0 radical (unpaired) electrons. The third-order valence-electron chi connectivity index (χ3n) is 2.18. The number of para-hydroxylation sites is 1. The molecule has 0 unspecified atom stereocenters. The van der Waals surface area contributed by atoms with Gasteiger partial charge in [0.15, 0.2) is 0 Å². The summed E-state index contributed by atoms with van der Waals surface area (Å²) in [5.74, 6) is 0.316.